The second-order valence-corrected chi connectivity index (χ2v) is 5.57. The van der Waals surface area contributed by atoms with Gasteiger partial charge in [0.25, 0.3) is 0 Å². The molecule has 0 aliphatic heterocycles. The van der Waals surface area contributed by atoms with Gasteiger partial charge in [0.2, 0.25) is 0 Å². The summed E-state index contributed by atoms with van der Waals surface area (Å²) in [6, 6.07) is 4.04. The van der Waals surface area contributed by atoms with Gasteiger partial charge in [-0.15, -0.1) is 0 Å². The summed E-state index contributed by atoms with van der Waals surface area (Å²) in [5.41, 5.74) is 3.29. The Morgan fingerprint density at radius 3 is 2.86 bits per heavy atom. The molecule has 0 aromatic carbocycles. The molecule has 1 aromatic heterocycles. The highest BCUT2D eigenvalue weighted by Crippen LogP contribution is 2.18. The van der Waals surface area contributed by atoms with E-state index >= 15 is 0 Å². The fourth-order valence-electron chi connectivity index (χ4n) is 1.92. The highest BCUT2D eigenvalue weighted by molar-refractivity contribution is 8.16. The second kappa shape index (κ2) is 9.23. The predicted octanol–water partition coefficient (Wildman–Crippen LogP) is 3.44. The van der Waals surface area contributed by atoms with Crippen molar-refractivity contribution in [2.75, 3.05) is 26.0 Å². The molecule has 0 radical (unpaired) electrons. The lowest BCUT2D eigenvalue weighted by Gasteiger charge is -2.18. The monoisotopic (exact) mass is 304 g/mol. The number of pyridine rings is 1. The van der Waals surface area contributed by atoms with Crippen LogP contribution in [0.4, 0.5) is 5.69 Å². The topological polar surface area (TPSA) is 40.5 Å². The third kappa shape index (κ3) is 5.63. The lowest BCUT2D eigenvalue weighted by molar-refractivity contribution is 0.935. The third-order valence-electron chi connectivity index (χ3n) is 2.82. The summed E-state index contributed by atoms with van der Waals surface area (Å²) in [5.74, 6) is 0. The van der Waals surface area contributed by atoms with Crippen molar-refractivity contribution in [2.45, 2.75) is 19.8 Å². The first-order chi connectivity index (χ1) is 10.1. The molecule has 0 atom stereocenters. The molecule has 1 N–H and O–H groups in total. The zero-order chi connectivity index (χ0) is 15.7. The molecule has 0 fully saturated rings. The first kappa shape index (κ1) is 17.3. The van der Waals surface area contributed by atoms with Gasteiger partial charge in [-0.1, -0.05) is 31.3 Å². The SMILES string of the molecule is C=CSC(=NC)N/C(=C/CC)Cc1ncccc1N(C)C. The smallest absolute Gasteiger partial charge is 0.164 e. The molecule has 4 nitrogen and oxygen atoms in total. The maximum atomic E-state index is 4.51. The Kier molecular flexibility index (Phi) is 7.61. The normalized spacial score (nSPS) is 12.2. The summed E-state index contributed by atoms with van der Waals surface area (Å²) in [6.07, 6.45) is 5.71. The van der Waals surface area contributed by atoms with E-state index in [2.05, 4.69) is 45.8 Å². The van der Waals surface area contributed by atoms with Crippen molar-refractivity contribution >= 4 is 22.6 Å². The first-order valence-corrected chi connectivity index (χ1v) is 7.81. The number of aliphatic imine (C=N–C) groups is 1. The van der Waals surface area contributed by atoms with E-state index in [-0.39, 0.29) is 0 Å². The van der Waals surface area contributed by atoms with E-state index in [0.717, 1.165) is 35.1 Å². The summed E-state index contributed by atoms with van der Waals surface area (Å²) in [6.45, 7) is 5.85. The Morgan fingerprint density at radius 1 is 1.52 bits per heavy atom. The molecule has 0 aliphatic carbocycles. The standard InChI is InChI=1S/C16H24N4S/c1-6-9-13(19-16(17-3)21-7-2)12-14-15(20(4)5)10-8-11-18-14/h7-11H,2,6,12H2,1,3-5H3,(H,17,19)/b13-9+. The fourth-order valence-corrected chi connectivity index (χ4v) is 2.37. The van der Waals surface area contributed by atoms with E-state index in [0.29, 0.717) is 0 Å². The number of allylic oxidation sites excluding steroid dienone is 2. The fraction of sp³-hybridized carbons (Fsp3) is 0.375. The molecule has 5 heteroatoms. The van der Waals surface area contributed by atoms with Crippen molar-refractivity contribution in [1.82, 2.24) is 10.3 Å². The molecule has 1 aromatic rings. The summed E-state index contributed by atoms with van der Waals surface area (Å²) in [5, 5.41) is 5.97. The molecule has 0 aliphatic rings. The van der Waals surface area contributed by atoms with Crippen LogP contribution in [0.25, 0.3) is 0 Å². The molecule has 0 saturated carbocycles. The van der Waals surface area contributed by atoms with Crippen molar-refractivity contribution in [3.05, 3.63) is 47.8 Å². The number of hydrogen-bond acceptors (Lipinski definition) is 4. The van der Waals surface area contributed by atoms with Crippen LogP contribution in [0.2, 0.25) is 0 Å². The van der Waals surface area contributed by atoms with Gasteiger partial charge in [-0.25, -0.2) is 0 Å². The first-order valence-electron chi connectivity index (χ1n) is 6.94. The van der Waals surface area contributed by atoms with E-state index in [1.165, 1.54) is 11.8 Å². The summed E-state index contributed by atoms with van der Waals surface area (Å²) in [4.78, 5) is 10.8. The van der Waals surface area contributed by atoms with Gasteiger partial charge >= 0.3 is 0 Å². The van der Waals surface area contributed by atoms with E-state index in [1.807, 2.05) is 26.4 Å². The van der Waals surface area contributed by atoms with Crippen LogP contribution in [-0.4, -0.2) is 31.3 Å². The molecule has 114 valence electrons. The molecule has 0 amide bonds. The van der Waals surface area contributed by atoms with Crippen molar-refractivity contribution in [2.24, 2.45) is 4.99 Å². The zero-order valence-corrected chi connectivity index (χ0v) is 14.1. The van der Waals surface area contributed by atoms with Gasteiger partial charge in [0.15, 0.2) is 5.17 Å². The number of nitrogens with zero attached hydrogens (tertiary/aromatic N) is 3. The number of anilines is 1. The van der Waals surface area contributed by atoms with E-state index in [4.69, 9.17) is 0 Å². The quantitative estimate of drug-likeness (QED) is 0.645. The number of rotatable bonds is 6. The average molecular weight is 304 g/mol. The van der Waals surface area contributed by atoms with Crippen molar-refractivity contribution in [1.29, 1.82) is 0 Å². The van der Waals surface area contributed by atoms with E-state index in [1.54, 1.807) is 12.5 Å². The molecule has 0 unspecified atom stereocenters. The van der Waals surface area contributed by atoms with Crippen molar-refractivity contribution in [3.63, 3.8) is 0 Å². The van der Waals surface area contributed by atoms with Crippen LogP contribution >= 0.6 is 11.8 Å². The van der Waals surface area contributed by atoms with Crippen LogP contribution in [0.3, 0.4) is 0 Å². The molecular formula is C16H24N4S. The molecular weight excluding hydrogens is 280 g/mol. The number of amidine groups is 1. The summed E-state index contributed by atoms with van der Waals surface area (Å²) >= 11 is 1.48. The number of thioether (sulfide) groups is 1. The molecule has 0 spiro atoms. The number of nitrogens with one attached hydrogen (secondary N) is 1. The highest BCUT2D eigenvalue weighted by Gasteiger charge is 2.09. The van der Waals surface area contributed by atoms with Gasteiger partial charge in [-0.3, -0.25) is 9.98 Å². The Bertz CT molecular complexity index is 521. The van der Waals surface area contributed by atoms with Gasteiger partial charge < -0.3 is 10.2 Å². The van der Waals surface area contributed by atoms with Crippen LogP contribution < -0.4 is 10.2 Å². The highest BCUT2D eigenvalue weighted by atomic mass is 32.2. The van der Waals surface area contributed by atoms with Crippen LogP contribution in [-0.2, 0) is 6.42 Å². The van der Waals surface area contributed by atoms with Crippen molar-refractivity contribution in [3.8, 4) is 0 Å². The van der Waals surface area contributed by atoms with Gasteiger partial charge in [0, 0.05) is 39.5 Å². The Hall–Kier alpha value is -1.75. The maximum Gasteiger partial charge on any atom is 0.164 e. The number of hydrogen-bond donors (Lipinski definition) is 1. The lowest BCUT2D eigenvalue weighted by Crippen LogP contribution is -2.22. The predicted molar refractivity (Wildman–Crippen MR) is 94.9 cm³/mol. The second-order valence-electron chi connectivity index (χ2n) is 4.62. The minimum Gasteiger partial charge on any atom is -0.376 e. The van der Waals surface area contributed by atoms with Gasteiger partial charge in [0.1, 0.15) is 0 Å². The van der Waals surface area contributed by atoms with Crippen LogP contribution in [0.15, 0.2) is 47.1 Å². The zero-order valence-electron chi connectivity index (χ0n) is 13.3. The molecule has 0 saturated heterocycles. The van der Waals surface area contributed by atoms with Gasteiger partial charge in [-0.05, 0) is 24.0 Å². The third-order valence-corrected chi connectivity index (χ3v) is 3.50. The van der Waals surface area contributed by atoms with Crippen molar-refractivity contribution < 1.29 is 0 Å². The largest absolute Gasteiger partial charge is 0.376 e. The summed E-state index contributed by atoms with van der Waals surface area (Å²) < 4.78 is 0. The average Bonchev–Trinajstić information content (AvgIpc) is 2.47. The van der Waals surface area contributed by atoms with Gasteiger partial charge in [0.05, 0.1) is 11.4 Å². The maximum absolute atomic E-state index is 4.51. The molecule has 21 heavy (non-hydrogen) atoms. The Labute approximate surface area is 132 Å². The Morgan fingerprint density at radius 2 is 2.29 bits per heavy atom. The van der Waals surface area contributed by atoms with E-state index in [9.17, 15) is 0 Å². The van der Waals surface area contributed by atoms with E-state index < -0.39 is 0 Å². The molecule has 1 heterocycles. The molecule has 1 rings (SSSR count). The number of aromatic nitrogens is 1. The molecule has 0 bridgehead atoms. The lowest BCUT2D eigenvalue weighted by atomic mass is 10.1. The van der Waals surface area contributed by atoms with Crippen LogP contribution in [0.5, 0.6) is 0 Å². The van der Waals surface area contributed by atoms with Crippen LogP contribution in [0.1, 0.15) is 19.0 Å². The Balaban J connectivity index is 2.94. The minimum atomic E-state index is 0.749. The minimum absolute atomic E-state index is 0.749. The van der Waals surface area contributed by atoms with Crippen LogP contribution in [0, 0.1) is 0 Å². The summed E-state index contributed by atoms with van der Waals surface area (Å²) in [7, 11) is 5.84. The van der Waals surface area contributed by atoms with Gasteiger partial charge in [-0.2, -0.15) is 0 Å².